The largest absolute Gasteiger partial charge is 0.310 e. The average Bonchev–Trinajstić information content (AvgIpc) is 2.20. The van der Waals surface area contributed by atoms with Gasteiger partial charge in [-0.05, 0) is 30.8 Å². The minimum Gasteiger partial charge on any atom is -0.310 e. The molecule has 0 heterocycles. The minimum atomic E-state index is 0.638. The van der Waals surface area contributed by atoms with Crippen LogP contribution in [-0.2, 0) is 0 Å². The smallest absolute Gasteiger partial charge is 0.0204 e. The molecule has 0 fully saturated rings. The fourth-order valence-electron chi connectivity index (χ4n) is 1.94. The van der Waals surface area contributed by atoms with Gasteiger partial charge in [-0.15, -0.1) is 0 Å². The third-order valence-electron chi connectivity index (χ3n) is 3.30. The molecular weight excluding hydrogens is 182 g/mol. The van der Waals surface area contributed by atoms with E-state index in [1.165, 1.54) is 18.4 Å². The lowest BCUT2D eigenvalue weighted by Gasteiger charge is -2.20. The maximum atomic E-state index is 3.57. The van der Waals surface area contributed by atoms with E-state index in [1.54, 1.807) is 0 Å². The second kappa shape index (κ2) is 6.12. The Morgan fingerprint density at radius 2 is 2.07 bits per heavy atom. The van der Waals surface area contributed by atoms with E-state index in [-0.39, 0.29) is 0 Å². The first-order valence-electron chi connectivity index (χ1n) is 6.25. The molecule has 0 amide bonds. The normalized spacial score (nSPS) is 27.6. The maximum absolute atomic E-state index is 3.57. The summed E-state index contributed by atoms with van der Waals surface area (Å²) < 4.78 is 0. The molecule has 1 nitrogen and oxygen atoms in total. The first-order chi connectivity index (χ1) is 7.13. The SMILES string of the molecule is CCCC(C)NCC1=CC(C)C(C)C=C1. The summed E-state index contributed by atoms with van der Waals surface area (Å²) in [5.74, 6) is 1.38. The van der Waals surface area contributed by atoms with E-state index in [1.807, 2.05) is 0 Å². The van der Waals surface area contributed by atoms with E-state index in [0.717, 1.165) is 6.54 Å². The average molecular weight is 207 g/mol. The van der Waals surface area contributed by atoms with E-state index in [2.05, 4.69) is 51.2 Å². The Labute approximate surface area is 94.6 Å². The van der Waals surface area contributed by atoms with Crippen molar-refractivity contribution in [2.45, 2.75) is 46.6 Å². The Morgan fingerprint density at radius 3 is 2.67 bits per heavy atom. The molecule has 1 heteroatoms. The van der Waals surface area contributed by atoms with Crippen molar-refractivity contribution in [2.24, 2.45) is 11.8 Å². The molecule has 0 aromatic heterocycles. The Morgan fingerprint density at radius 1 is 1.33 bits per heavy atom. The van der Waals surface area contributed by atoms with Crippen LogP contribution in [-0.4, -0.2) is 12.6 Å². The molecule has 15 heavy (non-hydrogen) atoms. The lowest BCUT2D eigenvalue weighted by molar-refractivity contribution is 0.518. The van der Waals surface area contributed by atoms with Crippen LogP contribution < -0.4 is 5.32 Å². The first kappa shape index (κ1) is 12.5. The quantitative estimate of drug-likeness (QED) is 0.727. The van der Waals surface area contributed by atoms with Crippen LogP contribution in [0.5, 0.6) is 0 Å². The monoisotopic (exact) mass is 207 g/mol. The Bertz CT molecular complexity index is 240. The highest BCUT2D eigenvalue weighted by molar-refractivity contribution is 5.26. The molecule has 0 saturated carbocycles. The summed E-state index contributed by atoms with van der Waals surface area (Å²) in [5, 5.41) is 3.57. The third-order valence-corrected chi connectivity index (χ3v) is 3.30. The molecule has 0 bridgehead atoms. The van der Waals surface area contributed by atoms with Crippen LogP contribution in [0, 0.1) is 11.8 Å². The minimum absolute atomic E-state index is 0.638. The van der Waals surface area contributed by atoms with E-state index in [9.17, 15) is 0 Å². The molecule has 1 rings (SSSR count). The zero-order chi connectivity index (χ0) is 11.3. The summed E-state index contributed by atoms with van der Waals surface area (Å²) in [6, 6.07) is 0.638. The predicted molar refractivity (Wildman–Crippen MR) is 67.9 cm³/mol. The molecular formula is C14H25N. The van der Waals surface area contributed by atoms with E-state index >= 15 is 0 Å². The van der Waals surface area contributed by atoms with Gasteiger partial charge in [0.1, 0.15) is 0 Å². The molecule has 3 unspecified atom stereocenters. The highest BCUT2D eigenvalue weighted by Crippen LogP contribution is 2.21. The van der Waals surface area contributed by atoms with Gasteiger partial charge in [-0.2, -0.15) is 0 Å². The van der Waals surface area contributed by atoms with Gasteiger partial charge in [0.05, 0.1) is 0 Å². The standard InChI is InChI=1S/C14H25N/c1-5-6-13(4)15-10-14-8-7-11(2)12(3)9-14/h7-9,11-13,15H,5-6,10H2,1-4H3. The lowest BCUT2D eigenvalue weighted by Crippen LogP contribution is -2.28. The van der Waals surface area contributed by atoms with Gasteiger partial charge in [-0.3, -0.25) is 0 Å². The highest BCUT2D eigenvalue weighted by Gasteiger charge is 2.11. The van der Waals surface area contributed by atoms with Crippen molar-refractivity contribution in [3.05, 3.63) is 23.8 Å². The maximum Gasteiger partial charge on any atom is 0.0204 e. The Hall–Kier alpha value is -0.560. The molecule has 3 atom stereocenters. The van der Waals surface area contributed by atoms with Gasteiger partial charge in [-0.1, -0.05) is 45.4 Å². The molecule has 0 radical (unpaired) electrons. The van der Waals surface area contributed by atoms with Crippen LogP contribution in [0.4, 0.5) is 0 Å². The number of nitrogens with one attached hydrogen (secondary N) is 1. The zero-order valence-corrected chi connectivity index (χ0v) is 10.6. The van der Waals surface area contributed by atoms with Gasteiger partial charge in [0.2, 0.25) is 0 Å². The second-order valence-electron chi connectivity index (χ2n) is 4.89. The molecule has 0 saturated heterocycles. The van der Waals surface area contributed by atoms with Gasteiger partial charge < -0.3 is 5.32 Å². The van der Waals surface area contributed by atoms with Crippen molar-refractivity contribution >= 4 is 0 Å². The predicted octanol–water partition coefficient (Wildman–Crippen LogP) is 3.53. The molecule has 0 aliphatic heterocycles. The summed E-state index contributed by atoms with van der Waals surface area (Å²) in [7, 11) is 0. The summed E-state index contributed by atoms with van der Waals surface area (Å²) in [4.78, 5) is 0. The lowest BCUT2D eigenvalue weighted by atomic mass is 9.88. The van der Waals surface area contributed by atoms with Gasteiger partial charge >= 0.3 is 0 Å². The number of allylic oxidation sites excluding steroid dienone is 2. The summed E-state index contributed by atoms with van der Waals surface area (Å²) >= 11 is 0. The van der Waals surface area contributed by atoms with E-state index in [4.69, 9.17) is 0 Å². The van der Waals surface area contributed by atoms with Crippen molar-refractivity contribution < 1.29 is 0 Å². The summed E-state index contributed by atoms with van der Waals surface area (Å²) in [6.45, 7) is 10.1. The Balaban J connectivity index is 2.34. The molecule has 1 aliphatic carbocycles. The van der Waals surface area contributed by atoms with Crippen molar-refractivity contribution in [3.63, 3.8) is 0 Å². The molecule has 1 N–H and O–H groups in total. The van der Waals surface area contributed by atoms with Crippen LogP contribution in [0.2, 0.25) is 0 Å². The Kier molecular flexibility index (Phi) is 5.10. The summed E-state index contributed by atoms with van der Waals surface area (Å²) in [5.41, 5.74) is 1.45. The second-order valence-corrected chi connectivity index (χ2v) is 4.89. The molecule has 86 valence electrons. The van der Waals surface area contributed by atoms with Crippen LogP contribution >= 0.6 is 0 Å². The van der Waals surface area contributed by atoms with Crippen molar-refractivity contribution in [1.82, 2.24) is 5.32 Å². The third kappa shape index (κ3) is 4.21. The molecule has 1 aliphatic rings. The van der Waals surface area contributed by atoms with Crippen LogP contribution in [0.25, 0.3) is 0 Å². The van der Waals surface area contributed by atoms with Gasteiger partial charge in [0.25, 0.3) is 0 Å². The number of rotatable bonds is 5. The molecule has 0 aromatic rings. The van der Waals surface area contributed by atoms with E-state index in [0.29, 0.717) is 17.9 Å². The van der Waals surface area contributed by atoms with Crippen LogP contribution in [0.15, 0.2) is 23.8 Å². The van der Waals surface area contributed by atoms with Gasteiger partial charge in [-0.25, -0.2) is 0 Å². The zero-order valence-electron chi connectivity index (χ0n) is 10.6. The number of hydrogen-bond acceptors (Lipinski definition) is 1. The highest BCUT2D eigenvalue weighted by atomic mass is 14.9. The van der Waals surface area contributed by atoms with Crippen LogP contribution in [0.3, 0.4) is 0 Å². The fourth-order valence-corrected chi connectivity index (χ4v) is 1.94. The number of hydrogen-bond donors (Lipinski definition) is 1. The topological polar surface area (TPSA) is 12.0 Å². The van der Waals surface area contributed by atoms with Crippen LogP contribution in [0.1, 0.15) is 40.5 Å². The summed E-state index contributed by atoms with van der Waals surface area (Å²) in [6.07, 6.45) is 9.53. The van der Waals surface area contributed by atoms with Gasteiger partial charge in [0, 0.05) is 12.6 Å². The van der Waals surface area contributed by atoms with Crippen molar-refractivity contribution in [2.75, 3.05) is 6.54 Å². The van der Waals surface area contributed by atoms with E-state index < -0.39 is 0 Å². The van der Waals surface area contributed by atoms with Crippen molar-refractivity contribution in [1.29, 1.82) is 0 Å². The van der Waals surface area contributed by atoms with Gasteiger partial charge in [0.15, 0.2) is 0 Å². The molecule has 0 aromatic carbocycles. The fraction of sp³-hybridized carbons (Fsp3) is 0.714. The molecule has 0 spiro atoms. The first-order valence-corrected chi connectivity index (χ1v) is 6.25. The van der Waals surface area contributed by atoms with Crippen molar-refractivity contribution in [3.8, 4) is 0 Å².